The monoisotopic (exact) mass is 341 g/mol. The summed E-state index contributed by atoms with van der Waals surface area (Å²) in [4.78, 5) is 17.9. The van der Waals surface area contributed by atoms with E-state index in [-0.39, 0.29) is 11.7 Å². The first-order chi connectivity index (χ1) is 12.8. The standard InChI is InChI=1S/C23H19NO2/c1-2-26-18-14-12-17(13-15-18)24-22-19-10-6-7-11-20(19)23(25)21(22)16-8-4-3-5-9-16/h3-15,21H,2H2,1H3. The van der Waals surface area contributed by atoms with Crippen molar-refractivity contribution in [2.75, 3.05) is 6.61 Å². The fourth-order valence-electron chi connectivity index (χ4n) is 3.36. The minimum atomic E-state index is -0.361. The van der Waals surface area contributed by atoms with E-state index in [1.54, 1.807) is 0 Å². The molecule has 1 aliphatic carbocycles. The fraction of sp³-hybridized carbons (Fsp3) is 0.130. The van der Waals surface area contributed by atoms with Gasteiger partial charge in [0, 0.05) is 11.1 Å². The number of benzene rings is 3. The lowest BCUT2D eigenvalue weighted by atomic mass is 9.93. The van der Waals surface area contributed by atoms with Crippen LogP contribution < -0.4 is 4.74 Å². The summed E-state index contributed by atoms with van der Waals surface area (Å²) in [5.74, 6) is 0.565. The summed E-state index contributed by atoms with van der Waals surface area (Å²) in [5.41, 5.74) is 4.25. The molecule has 0 N–H and O–H groups in total. The lowest BCUT2D eigenvalue weighted by Crippen LogP contribution is -2.13. The van der Waals surface area contributed by atoms with Crippen LogP contribution in [0.1, 0.15) is 34.3 Å². The Morgan fingerprint density at radius 3 is 2.19 bits per heavy atom. The first-order valence-electron chi connectivity index (χ1n) is 8.78. The average molecular weight is 341 g/mol. The van der Waals surface area contributed by atoms with Crippen molar-refractivity contribution in [2.45, 2.75) is 12.8 Å². The molecule has 0 aromatic heterocycles. The summed E-state index contributed by atoms with van der Waals surface area (Å²) in [6.45, 7) is 2.59. The predicted molar refractivity (Wildman–Crippen MR) is 104 cm³/mol. The number of ether oxygens (including phenoxy) is 1. The van der Waals surface area contributed by atoms with Gasteiger partial charge in [-0.25, -0.2) is 0 Å². The maximum Gasteiger partial charge on any atom is 0.176 e. The van der Waals surface area contributed by atoms with E-state index < -0.39 is 0 Å². The third-order valence-electron chi connectivity index (χ3n) is 4.53. The number of carbonyl (C=O) groups is 1. The Hall–Kier alpha value is -3.20. The third kappa shape index (κ3) is 2.92. The van der Waals surface area contributed by atoms with Gasteiger partial charge in [-0.15, -0.1) is 0 Å². The van der Waals surface area contributed by atoms with Crippen LogP contribution in [0.3, 0.4) is 0 Å². The van der Waals surface area contributed by atoms with Crippen LogP contribution in [0.4, 0.5) is 5.69 Å². The molecule has 26 heavy (non-hydrogen) atoms. The Balaban J connectivity index is 1.81. The van der Waals surface area contributed by atoms with Gasteiger partial charge in [0.05, 0.1) is 23.9 Å². The summed E-state index contributed by atoms with van der Waals surface area (Å²) in [7, 11) is 0. The molecular formula is C23H19NO2. The van der Waals surface area contributed by atoms with Crippen LogP contribution in [-0.2, 0) is 0 Å². The van der Waals surface area contributed by atoms with E-state index >= 15 is 0 Å². The second-order valence-corrected chi connectivity index (χ2v) is 6.18. The quantitative estimate of drug-likeness (QED) is 0.655. The summed E-state index contributed by atoms with van der Waals surface area (Å²) in [6.07, 6.45) is 0. The molecule has 4 rings (SSSR count). The van der Waals surface area contributed by atoms with Crippen LogP contribution in [0.15, 0.2) is 83.9 Å². The van der Waals surface area contributed by atoms with Crippen molar-refractivity contribution in [3.8, 4) is 5.75 Å². The minimum Gasteiger partial charge on any atom is -0.494 e. The molecule has 3 aromatic carbocycles. The number of hydrogen-bond acceptors (Lipinski definition) is 3. The molecule has 1 aliphatic rings. The van der Waals surface area contributed by atoms with Gasteiger partial charge in [-0.1, -0.05) is 54.6 Å². The van der Waals surface area contributed by atoms with Gasteiger partial charge < -0.3 is 4.74 Å². The van der Waals surface area contributed by atoms with E-state index in [0.29, 0.717) is 6.61 Å². The third-order valence-corrected chi connectivity index (χ3v) is 4.53. The van der Waals surface area contributed by atoms with Gasteiger partial charge in [-0.05, 0) is 36.8 Å². The zero-order valence-electron chi connectivity index (χ0n) is 14.6. The Morgan fingerprint density at radius 1 is 0.846 bits per heavy atom. The van der Waals surface area contributed by atoms with Crippen LogP contribution >= 0.6 is 0 Å². The van der Waals surface area contributed by atoms with Gasteiger partial charge in [0.25, 0.3) is 0 Å². The fourth-order valence-corrected chi connectivity index (χ4v) is 3.36. The summed E-state index contributed by atoms with van der Waals surface area (Å²) in [6, 6.07) is 25.2. The summed E-state index contributed by atoms with van der Waals surface area (Å²) in [5, 5.41) is 0. The Morgan fingerprint density at radius 2 is 1.50 bits per heavy atom. The number of hydrogen-bond donors (Lipinski definition) is 0. The second kappa shape index (κ2) is 6.96. The molecule has 0 fully saturated rings. The number of ketones is 1. The van der Waals surface area contributed by atoms with Gasteiger partial charge in [0.1, 0.15) is 5.75 Å². The minimum absolute atomic E-state index is 0.108. The zero-order chi connectivity index (χ0) is 17.9. The van der Waals surface area contributed by atoms with Crippen molar-refractivity contribution in [1.82, 2.24) is 0 Å². The molecule has 0 saturated heterocycles. The smallest absolute Gasteiger partial charge is 0.176 e. The maximum absolute atomic E-state index is 13.0. The summed E-state index contributed by atoms with van der Waals surface area (Å²) < 4.78 is 5.49. The molecule has 1 atom stereocenters. The molecule has 0 bridgehead atoms. The van der Waals surface area contributed by atoms with Gasteiger partial charge in [-0.2, -0.15) is 0 Å². The van der Waals surface area contributed by atoms with Gasteiger partial charge in [-0.3, -0.25) is 9.79 Å². The molecule has 0 radical (unpaired) electrons. The van der Waals surface area contributed by atoms with E-state index in [4.69, 9.17) is 9.73 Å². The van der Waals surface area contributed by atoms with Crippen LogP contribution in [0, 0.1) is 0 Å². The predicted octanol–water partition coefficient (Wildman–Crippen LogP) is 5.19. The molecule has 0 saturated carbocycles. The first kappa shape index (κ1) is 16.3. The molecule has 1 unspecified atom stereocenters. The number of nitrogens with zero attached hydrogens (tertiary/aromatic N) is 1. The van der Waals surface area contributed by atoms with Crippen molar-refractivity contribution < 1.29 is 9.53 Å². The van der Waals surface area contributed by atoms with Gasteiger partial charge >= 0.3 is 0 Å². The van der Waals surface area contributed by atoms with E-state index in [2.05, 4.69) is 0 Å². The zero-order valence-corrected chi connectivity index (χ0v) is 14.6. The highest BCUT2D eigenvalue weighted by atomic mass is 16.5. The Kier molecular flexibility index (Phi) is 4.36. The average Bonchev–Trinajstić information content (AvgIpc) is 2.96. The van der Waals surface area contributed by atoms with E-state index in [9.17, 15) is 4.79 Å². The van der Waals surface area contributed by atoms with E-state index in [1.807, 2.05) is 85.8 Å². The highest BCUT2D eigenvalue weighted by Crippen LogP contribution is 2.36. The van der Waals surface area contributed by atoms with Crippen molar-refractivity contribution in [2.24, 2.45) is 4.99 Å². The van der Waals surface area contributed by atoms with Crippen LogP contribution in [-0.4, -0.2) is 18.1 Å². The van der Waals surface area contributed by atoms with Crippen molar-refractivity contribution in [3.05, 3.63) is 95.6 Å². The highest BCUT2D eigenvalue weighted by molar-refractivity contribution is 6.32. The van der Waals surface area contributed by atoms with Crippen molar-refractivity contribution >= 4 is 17.2 Å². The Labute approximate surface area is 153 Å². The van der Waals surface area contributed by atoms with Gasteiger partial charge in [0.2, 0.25) is 0 Å². The number of carbonyl (C=O) groups excluding carboxylic acids is 1. The SMILES string of the molecule is CCOc1ccc(N=C2c3ccccc3C(=O)C2c2ccccc2)cc1. The maximum atomic E-state index is 13.0. The first-order valence-corrected chi connectivity index (χ1v) is 8.78. The normalized spacial score (nSPS) is 17.3. The molecule has 0 spiro atoms. The largest absolute Gasteiger partial charge is 0.494 e. The second-order valence-electron chi connectivity index (χ2n) is 6.18. The van der Waals surface area contributed by atoms with Crippen LogP contribution in [0.5, 0.6) is 5.75 Å². The molecule has 0 heterocycles. The number of rotatable bonds is 4. The number of fused-ring (bicyclic) bond motifs is 1. The number of Topliss-reactive ketones (excluding diaryl/α,β-unsaturated/α-hetero) is 1. The molecule has 3 aromatic rings. The van der Waals surface area contributed by atoms with Crippen LogP contribution in [0.25, 0.3) is 0 Å². The van der Waals surface area contributed by atoms with Crippen LogP contribution in [0.2, 0.25) is 0 Å². The molecule has 0 aliphatic heterocycles. The Bertz CT molecular complexity index is 959. The molecule has 0 amide bonds. The molecular weight excluding hydrogens is 322 g/mol. The van der Waals surface area contributed by atoms with E-state index in [1.165, 1.54) is 0 Å². The molecule has 3 heteroatoms. The topological polar surface area (TPSA) is 38.7 Å². The molecule has 3 nitrogen and oxygen atoms in total. The van der Waals surface area contributed by atoms with E-state index in [0.717, 1.165) is 33.8 Å². The number of aliphatic imine (C=N–C) groups is 1. The van der Waals surface area contributed by atoms with Gasteiger partial charge in [0.15, 0.2) is 5.78 Å². The van der Waals surface area contributed by atoms with Crippen molar-refractivity contribution in [3.63, 3.8) is 0 Å². The van der Waals surface area contributed by atoms with Crippen molar-refractivity contribution in [1.29, 1.82) is 0 Å². The molecule has 128 valence electrons. The highest BCUT2D eigenvalue weighted by Gasteiger charge is 2.37. The lowest BCUT2D eigenvalue weighted by molar-refractivity contribution is 0.0988. The lowest BCUT2D eigenvalue weighted by Gasteiger charge is -2.11. The summed E-state index contributed by atoms with van der Waals surface area (Å²) >= 11 is 0.